The molecule has 1 saturated carbocycles. The lowest BCUT2D eigenvalue weighted by Crippen LogP contribution is -2.30. The minimum Gasteiger partial charge on any atom is -0.315 e. The van der Waals surface area contributed by atoms with Gasteiger partial charge in [0.2, 0.25) is 0 Å². The number of nitrogens with zero attached hydrogens (tertiary/aromatic N) is 1. The van der Waals surface area contributed by atoms with E-state index in [9.17, 15) is 0 Å². The third-order valence-electron chi connectivity index (χ3n) is 3.41. The minimum atomic E-state index is 1.03. The van der Waals surface area contributed by atoms with Gasteiger partial charge in [-0.05, 0) is 32.5 Å². The fraction of sp³-hybridized carbons (Fsp3) is 1.00. The maximum absolute atomic E-state index is 3.54. The number of likely N-dealkylation sites (N-methyl/N-ethyl adjacent to an activating group) is 1. The standard InChI is InChI=1S/C12H26N2/c1-3-14(2)11-10-13-9-8-12-6-4-5-7-12/h12-13H,3-11H2,1-2H3. The quantitative estimate of drug-likeness (QED) is 0.630. The van der Waals surface area contributed by atoms with Gasteiger partial charge in [-0.3, -0.25) is 0 Å². The van der Waals surface area contributed by atoms with E-state index in [4.69, 9.17) is 0 Å². The average molecular weight is 198 g/mol. The molecule has 1 N–H and O–H groups in total. The molecule has 0 spiro atoms. The summed E-state index contributed by atoms with van der Waals surface area (Å²) in [6.45, 7) is 6.92. The second-order valence-corrected chi connectivity index (χ2v) is 4.59. The van der Waals surface area contributed by atoms with Crippen LogP contribution in [0, 0.1) is 5.92 Å². The van der Waals surface area contributed by atoms with E-state index in [2.05, 4.69) is 24.2 Å². The summed E-state index contributed by atoms with van der Waals surface area (Å²) < 4.78 is 0. The van der Waals surface area contributed by atoms with E-state index >= 15 is 0 Å². The predicted octanol–water partition coefficient (Wildman–Crippen LogP) is 2.11. The second-order valence-electron chi connectivity index (χ2n) is 4.59. The summed E-state index contributed by atoms with van der Waals surface area (Å²) in [6.07, 6.45) is 7.31. The third kappa shape index (κ3) is 4.97. The molecule has 0 unspecified atom stereocenters. The van der Waals surface area contributed by atoms with Crippen LogP contribution in [0.1, 0.15) is 39.0 Å². The first-order valence-electron chi connectivity index (χ1n) is 6.22. The zero-order valence-electron chi connectivity index (χ0n) is 9.89. The van der Waals surface area contributed by atoms with Crippen molar-refractivity contribution in [3.05, 3.63) is 0 Å². The Bertz CT molecular complexity index is 130. The van der Waals surface area contributed by atoms with Crippen molar-refractivity contribution in [1.82, 2.24) is 10.2 Å². The molecular formula is C12H26N2. The van der Waals surface area contributed by atoms with E-state index in [1.54, 1.807) is 0 Å². The molecule has 1 aliphatic rings. The molecule has 0 aromatic heterocycles. The molecule has 0 saturated heterocycles. The molecule has 2 heteroatoms. The highest BCUT2D eigenvalue weighted by Crippen LogP contribution is 2.26. The Morgan fingerprint density at radius 1 is 1.21 bits per heavy atom. The highest BCUT2D eigenvalue weighted by Gasteiger charge is 2.13. The Hall–Kier alpha value is -0.0800. The minimum absolute atomic E-state index is 1.03. The number of nitrogens with one attached hydrogen (secondary N) is 1. The van der Waals surface area contributed by atoms with Gasteiger partial charge < -0.3 is 10.2 Å². The lowest BCUT2D eigenvalue weighted by Gasteiger charge is -2.14. The highest BCUT2D eigenvalue weighted by atomic mass is 15.1. The fourth-order valence-corrected chi connectivity index (χ4v) is 2.16. The van der Waals surface area contributed by atoms with Gasteiger partial charge in [-0.2, -0.15) is 0 Å². The normalized spacial score (nSPS) is 18.2. The maximum Gasteiger partial charge on any atom is 0.0104 e. The molecule has 0 heterocycles. The summed E-state index contributed by atoms with van der Waals surface area (Å²) in [4.78, 5) is 2.35. The van der Waals surface area contributed by atoms with Gasteiger partial charge >= 0.3 is 0 Å². The van der Waals surface area contributed by atoms with Crippen molar-refractivity contribution >= 4 is 0 Å². The maximum atomic E-state index is 3.54. The molecule has 14 heavy (non-hydrogen) atoms. The van der Waals surface area contributed by atoms with Crippen molar-refractivity contribution in [2.24, 2.45) is 5.92 Å². The van der Waals surface area contributed by atoms with Gasteiger partial charge in [0.1, 0.15) is 0 Å². The molecule has 0 amide bonds. The predicted molar refractivity (Wildman–Crippen MR) is 62.6 cm³/mol. The van der Waals surface area contributed by atoms with Crippen LogP contribution >= 0.6 is 0 Å². The zero-order valence-corrected chi connectivity index (χ0v) is 9.89. The van der Waals surface area contributed by atoms with Crippen molar-refractivity contribution in [1.29, 1.82) is 0 Å². The molecule has 1 fully saturated rings. The van der Waals surface area contributed by atoms with Crippen molar-refractivity contribution in [3.63, 3.8) is 0 Å². The molecule has 0 aliphatic heterocycles. The van der Waals surface area contributed by atoms with Gasteiger partial charge in [0, 0.05) is 13.1 Å². The first-order valence-corrected chi connectivity index (χ1v) is 6.22. The lowest BCUT2D eigenvalue weighted by molar-refractivity contribution is 0.345. The smallest absolute Gasteiger partial charge is 0.0104 e. The Balaban J connectivity index is 1.84. The Labute approximate surface area is 89.1 Å². The number of hydrogen-bond donors (Lipinski definition) is 1. The SMILES string of the molecule is CCN(C)CCNCCC1CCCC1. The van der Waals surface area contributed by atoms with E-state index in [0.717, 1.165) is 19.0 Å². The third-order valence-corrected chi connectivity index (χ3v) is 3.41. The first kappa shape index (κ1) is 12.0. The molecule has 0 aromatic carbocycles. The summed E-state index contributed by atoms with van der Waals surface area (Å²) in [5.74, 6) is 1.03. The van der Waals surface area contributed by atoms with Gasteiger partial charge in [-0.15, -0.1) is 0 Å². The van der Waals surface area contributed by atoms with Gasteiger partial charge in [0.15, 0.2) is 0 Å². The van der Waals surface area contributed by atoms with Gasteiger partial charge in [0.05, 0.1) is 0 Å². The highest BCUT2D eigenvalue weighted by molar-refractivity contribution is 4.68. The van der Waals surface area contributed by atoms with Crippen LogP contribution in [-0.2, 0) is 0 Å². The summed E-state index contributed by atoms with van der Waals surface area (Å²) in [5, 5.41) is 3.54. The molecule has 2 nitrogen and oxygen atoms in total. The molecule has 1 aliphatic carbocycles. The van der Waals surface area contributed by atoms with Gasteiger partial charge in [0.25, 0.3) is 0 Å². The molecule has 0 aromatic rings. The van der Waals surface area contributed by atoms with Crippen LogP contribution in [0.2, 0.25) is 0 Å². The van der Waals surface area contributed by atoms with Crippen LogP contribution in [0.3, 0.4) is 0 Å². The Kier molecular flexibility index (Phi) is 6.20. The van der Waals surface area contributed by atoms with E-state index in [1.165, 1.54) is 45.2 Å². The summed E-state index contributed by atoms with van der Waals surface area (Å²) >= 11 is 0. The van der Waals surface area contributed by atoms with E-state index in [-0.39, 0.29) is 0 Å². The lowest BCUT2D eigenvalue weighted by atomic mass is 10.0. The van der Waals surface area contributed by atoms with Gasteiger partial charge in [-0.25, -0.2) is 0 Å². The monoisotopic (exact) mass is 198 g/mol. The second kappa shape index (κ2) is 7.24. The Morgan fingerprint density at radius 2 is 1.93 bits per heavy atom. The molecule has 0 radical (unpaired) electrons. The average Bonchev–Trinajstić information content (AvgIpc) is 2.69. The van der Waals surface area contributed by atoms with Crippen molar-refractivity contribution in [3.8, 4) is 0 Å². The largest absolute Gasteiger partial charge is 0.315 e. The van der Waals surface area contributed by atoms with Crippen LogP contribution in [0.5, 0.6) is 0 Å². The molecule has 1 rings (SSSR count). The van der Waals surface area contributed by atoms with E-state index in [0.29, 0.717) is 0 Å². The molecule has 0 bridgehead atoms. The zero-order chi connectivity index (χ0) is 10.2. The van der Waals surface area contributed by atoms with Crippen LogP contribution in [0.4, 0.5) is 0 Å². The van der Waals surface area contributed by atoms with Crippen molar-refractivity contribution in [2.45, 2.75) is 39.0 Å². The summed E-state index contributed by atoms with van der Waals surface area (Å²) in [5.41, 5.74) is 0. The van der Waals surface area contributed by atoms with Crippen LogP contribution in [-0.4, -0.2) is 38.1 Å². The van der Waals surface area contributed by atoms with Crippen LogP contribution < -0.4 is 5.32 Å². The van der Waals surface area contributed by atoms with Crippen molar-refractivity contribution < 1.29 is 0 Å². The van der Waals surface area contributed by atoms with Crippen molar-refractivity contribution in [2.75, 3.05) is 33.2 Å². The Morgan fingerprint density at radius 3 is 2.57 bits per heavy atom. The summed E-state index contributed by atoms with van der Waals surface area (Å²) in [6, 6.07) is 0. The van der Waals surface area contributed by atoms with E-state index < -0.39 is 0 Å². The topological polar surface area (TPSA) is 15.3 Å². The molecular weight excluding hydrogens is 172 g/mol. The summed E-state index contributed by atoms with van der Waals surface area (Å²) in [7, 11) is 2.18. The van der Waals surface area contributed by atoms with Crippen LogP contribution in [0.25, 0.3) is 0 Å². The first-order chi connectivity index (χ1) is 6.83. The molecule has 0 atom stereocenters. The van der Waals surface area contributed by atoms with Gasteiger partial charge in [-0.1, -0.05) is 32.6 Å². The van der Waals surface area contributed by atoms with E-state index in [1.807, 2.05) is 0 Å². The molecule has 84 valence electrons. The van der Waals surface area contributed by atoms with Crippen LogP contribution in [0.15, 0.2) is 0 Å². The number of hydrogen-bond acceptors (Lipinski definition) is 2. The number of rotatable bonds is 7. The fourth-order valence-electron chi connectivity index (χ4n) is 2.16.